The van der Waals surface area contributed by atoms with Crippen LogP contribution < -0.4 is 0 Å². The Bertz CT molecular complexity index is 647. The second kappa shape index (κ2) is 18.9. The van der Waals surface area contributed by atoms with Gasteiger partial charge in [0.15, 0.2) is 11.2 Å². The second-order valence-electron chi connectivity index (χ2n) is 7.62. The van der Waals surface area contributed by atoms with Crippen molar-refractivity contribution in [2.75, 3.05) is 6.61 Å². The summed E-state index contributed by atoms with van der Waals surface area (Å²) < 4.78 is 0. The predicted molar refractivity (Wildman–Crippen MR) is 116 cm³/mol. The SMILES string of the molecule is CCCCCC(O)CCO.O=C(O)CC(O)(CC(=O)O)C(=O)O.O=C(O)CC(O)(CC(=O)O)C(=O)O. The van der Waals surface area contributed by atoms with Crippen molar-refractivity contribution in [1.29, 1.82) is 0 Å². The summed E-state index contributed by atoms with van der Waals surface area (Å²) in [6.07, 6.45) is -0.0343. The van der Waals surface area contributed by atoms with Crippen LogP contribution in [-0.2, 0) is 28.8 Å². The molecule has 16 heteroatoms. The number of aliphatic carboxylic acids is 6. The van der Waals surface area contributed by atoms with Crippen LogP contribution in [0.5, 0.6) is 0 Å². The highest BCUT2D eigenvalue weighted by atomic mass is 16.4. The van der Waals surface area contributed by atoms with Crippen LogP contribution in [0.25, 0.3) is 0 Å². The predicted octanol–water partition coefficient (Wildman–Crippen LogP) is -1.19. The van der Waals surface area contributed by atoms with Gasteiger partial charge in [0, 0.05) is 6.61 Å². The van der Waals surface area contributed by atoms with E-state index >= 15 is 0 Å². The van der Waals surface area contributed by atoms with Gasteiger partial charge in [0.05, 0.1) is 31.8 Å². The standard InChI is InChI=1S/C8H18O2.2C6H8O7/c1-2-3-4-5-8(10)6-7-9;2*7-3(8)1-6(13,5(11)12)2-4(9)10/h8-10H,2-7H2,1H3;2*13H,1-2H2,(H,7,8)(H,9,10)(H,11,12). The summed E-state index contributed by atoms with van der Waals surface area (Å²) in [6, 6.07) is 0. The first-order valence-corrected chi connectivity index (χ1v) is 10.4. The van der Waals surface area contributed by atoms with Gasteiger partial charge in [0.1, 0.15) is 0 Å². The van der Waals surface area contributed by atoms with Crippen LogP contribution in [0.15, 0.2) is 0 Å². The van der Waals surface area contributed by atoms with E-state index in [4.69, 9.17) is 51.1 Å². The third kappa shape index (κ3) is 20.1. The average Bonchev–Trinajstić information content (AvgIpc) is 2.66. The smallest absolute Gasteiger partial charge is 0.336 e. The van der Waals surface area contributed by atoms with Crippen LogP contribution >= 0.6 is 0 Å². The minimum absolute atomic E-state index is 0.104. The molecule has 0 aliphatic carbocycles. The van der Waals surface area contributed by atoms with Gasteiger partial charge in [0.2, 0.25) is 0 Å². The minimum Gasteiger partial charge on any atom is -0.481 e. The number of rotatable bonds is 16. The molecule has 36 heavy (non-hydrogen) atoms. The van der Waals surface area contributed by atoms with E-state index in [2.05, 4.69) is 6.92 Å². The Morgan fingerprint density at radius 2 is 0.917 bits per heavy atom. The molecular formula is C20H34O16. The maximum absolute atomic E-state index is 10.3. The van der Waals surface area contributed by atoms with E-state index in [1.165, 1.54) is 12.8 Å². The summed E-state index contributed by atoms with van der Waals surface area (Å²) >= 11 is 0. The summed E-state index contributed by atoms with van der Waals surface area (Å²) in [5.41, 5.74) is -5.48. The van der Waals surface area contributed by atoms with Gasteiger partial charge in [-0.15, -0.1) is 0 Å². The zero-order chi connectivity index (χ0) is 29.1. The molecule has 0 aromatic rings. The van der Waals surface area contributed by atoms with Gasteiger partial charge >= 0.3 is 35.8 Å². The topological polar surface area (TPSA) is 305 Å². The van der Waals surface area contributed by atoms with Gasteiger partial charge in [-0.3, -0.25) is 19.2 Å². The Hall–Kier alpha value is -3.34. The van der Waals surface area contributed by atoms with E-state index in [9.17, 15) is 28.8 Å². The van der Waals surface area contributed by atoms with Crippen LogP contribution in [0.3, 0.4) is 0 Å². The van der Waals surface area contributed by atoms with E-state index in [0.29, 0.717) is 6.42 Å². The van der Waals surface area contributed by atoms with Crippen molar-refractivity contribution < 1.29 is 79.8 Å². The zero-order valence-electron chi connectivity index (χ0n) is 19.6. The highest BCUT2D eigenvalue weighted by Crippen LogP contribution is 2.16. The summed E-state index contributed by atoms with van der Waals surface area (Å²) in [5.74, 6) is -10.0. The Balaban J connectivity index is -0.000000459. The van der Waals surface area contributed by atoms with E-state index in [0.717, 1.165) is 12.8 Å². The number of hydrogen-bond donors (Lipinski definition) is 10. The number of hydrogen-bond acceptors (Lipinski definition) is 10. The molecule has 210 valence electrons. The number of aliphatic hydroxyl groups is 4. The molecule has 0 fully saturated rings. The molecule has 0 bridgehead atoms. The quantitative estimate of drug-likeness (QED) is 0.105. The second-order valence-corrected chi connectivity index (χ2v) is 7.62. The molecular weight excluding hydrogens is 496 g/mol. The van der Waals surface area contributed by atoms with Gasteiger partial charge in [-0.1, -0.05) is 26.2 Å². The lowest BCUT2D eigenvalue weighted by atomic mass is 9.96. The number of unbranched alkanes of at least 4 members (excludes halogenated alkanes) is 2. The Morgan fingerprint density at radius 1 is 0.611 bits per heavy atom. The van der Waals surface area contributed by atoms with Crippen molar-refractivity contribution in [3.05, 3.63) is 0 Å². The summed E-state index contributed by atoms with van der Waals surface area (Å²) in [6.45, 7) is 2.24. The van der Waals surface area contributed by atoms with Crippen molar-refractivity contribution in [3.8, 4) is 0 Å². The van der Waals surface area contributed by atoms with Crippen molar-refractivity contribution in [2.45, 2.75) is 82.0 Å². The molecule has 1 atom stereocenters. The molecule has 0 amide bonds. The van der Waals surface area contributed by atoms with Gasteiger partial charge < -0.3 is 51.1 Å². The van der Waals surface area contributed by atoms with Crippen LogP contribution in [0.4, 0.5) is 0 Å². The lowest BCUT2D eigenvalue weighted by Crippen LogP contribution is -2.42. The molecule has 0 saturated heterocycles. The van der Waals surface area contributed by atoms with Crippen molar-refractivity contribution in [3.63, 3.8) is 0 Å². The normalized spacial score (nSPS) is 11.6. The Morgan fingerprint density at radius 3 is 1.11 bits per heavy atom. The third-order valence-corrected chi connectivity index (χ3v) is 4.17. The fourth-order valence-corrected chi connectivity index (χ4v) is 2.35. The first kappa shape index (κ1) is 37.2. The lowest BCUT2D eigenvalue weighted by Gasteiger charge is -2.18. The minimum atomic E-state index is -2.74. The summed E-state index contributed by atoms with van der Waals surface area (Å²) in [4.78, 5) is 61.0. The van der Waals surface area contributed by atoms with E-state index in [-0.39, 0.29) is 12.7 Å². The molecule has 0 heterocycles. The summed E-state index contributed by atoms with van der Waals surface area (Å²) in [7, 11) is 0. The third-order valence-electron chi connectivity index (χ3n) is 4.17. The highest BCUT2D eigenvalue weighted by molar-refractivity contribution is 5.88. The van der Waals surface area contributed by atoms with Crippen molar-refractivity contribution in [2.24, 2.45) is 0 Å². The number of carbonyl (C=O) groups is 6. The molecule has 0 aliphatic heterocycles. The molecule has 0 rings (SSSR count). The molecule has 0 spiro atoms. The largest absolute Gasteiger partial charge is 0.481 e. The molecule has 10 N–H and O–H groups in total. The number of aliphatic hydroxyl groups excluding tert-OH is 2. The lowest BCUT2D eigenvalue weighted by molar-refractivity contribution is -0.170. The fourth-order valence-electron chi connectivity index (χ4n) is 2.35. The Labute approximate surface area is 205 Å². The van der Waals surface area contributed by atoms with Gasteiger partial charge in [-0.2, -0.15) is 0 Å². The molecule has 16 nitrogen and oxygen atoms in total. The van der Waals surface area contributed by atoms with Gasteiger partial charge in [0.25, 0.3) is 0 Å². The number of carboxylic acid groups (broad SMARTS) is 6. The number of carboxylic acids is 6. The van der Waals surface area contributed by atoms with Gasteiger partial charge in [-0.25, -0.2) is 9.59 Å². The van der Waals surface area contributed by atoms with Crippen LogP contribution in [0, 0.1) is 0 Å². The van der Waals surface area contributed by atoms with Crippen LogP contribution in [0.2, 0.25) is 0 Å². The van der Waals surface area contributed by atoms with Crippen LogP contribution in [-0.4, -0.2) is 111 Å². The zero-order valence-corrected chi connectivity index (χ0v) is 19.6. The van der Waals surface area contributed by atoms with E-state index in [1.54, 1.807) is 0 Å². The monoisotopic (exact) mass is 530 g/mol. The Kier molecular flexibility index (Phi) is 19.6. The molecule has 1 unspecified atom stereocenters. The molecule has 0 aliphatic rings. The molecule has 0 aromatic heterocycles. The average molecular weight is 530 g/mol. The van der Waals surface area contributed by atoms with Crippen molar-refractivity contribution in [1.82, 2.24) is 0 Å². The first-order chi connectivity index (χ1) is 16.4. The fraction of sp³-hybridized carbons (Fsp3) is 0.700. The molecule has 0 radical (unpaired) electrons. The summed E-state index contributed by atoms with van der Waals surface area (Å²) in [5, 5.41) is 85.2. The van der Waals surface area contributed by atoms with Gasteiger partial charge in [-0.05, 0) is 12.8 Å². The maximum atomic E-state index is 10.3. The first-order valence-electron chi connectivity index (χ1n) is 10.4. The van der Waals surface area contributed by atoms with E-state index < -0.39 is 72.7 Å². The van der Waals surface area contributed by atoms with Crippen LogP contribution in [0.1, 0.15) is 64.7 Å². The molecule has 0 saturated carbocycles. The van der Waals surface area contributed by atoms with Crippen molar-refractivity contribution >= 4 is 35.8 Å². The van der Waals surface area contributed by atoms with E-state index in [1.807, 2.05) is 0 Å². The maximum Gasteiger partial charge on any atom is 0.336 e. The highest BCUT2D eigenvalue weighted by Gasteiger charge is 2.41. The molecule has 0 aromatic carbocycles.